The summed E-state index contributed by atoms with van der Waals surface area (Å²) in [6, 6.07) is 24.2. The van der Waals surface area contributed by atoms with Crippen LogP contribution in [0.25, 0.3) is 5.57 Å². The number of imide groups is 1. The van der Waals surface area contributed by atoms with Crippen LogP contribution in [0.4, 0.5) is 11.4 Å². The molecule has 1 saturated heterocycles. The van der Waals surface area contributed by atoms with Gasteiger partial charge in [0.1, 0.15) is 11.4 Å². The second-order valence-corrected chi connectivity index (χ2v) is 9.17. The van der Waals surface area contributed by atoms with Crippen molar-refractivity contribution in [1.29, 1.82) is 0 Å². The zero-order valence-electron chi connectivity index (χ0n) is 19.4. The van der Waals surface area contributed by atoms with Crippen molar-refractivity contribution in [2.75, 3.05) is 12.0 Å². The van der Waals surface area contributed by atoms with Crippen molar-refractivity contribution in [2.45, 2.75) is 0 Å². The molecule has 7 nitrogen and oxygen atoms in total. The molecule has 2 fully saturated rings. The lowest BCUT2D eigenvalue weighted by atomic mass is 9.85. The Morgan fingerprint density at radius 3 is 1.83 bits per heavy atom. The van der Waals surface area contributed by atoms with Crippen molar-refractivity contribution in [3.8, 4) is 5.75 Å². The predicted molar refractivity (Wildman–Crippen MR) is 134 cm³/mol. The molecule has 0 radical (unpaired) electrons. The van der Waals surface area contributed by atoms with Crippen LogP contribution in [0.1, 0.15) is 11.1 Å². The van der Waals surface area contributed by atoms with Gasteiger partial charge in [-0.1, -0.05) is 72.8 Å². The molecule has 36 heavy (non-hydrogen) atoms. The average molecular weight is 479 g/mol. The summed E-state index contributed by atoms with van der Waals surface area (Å²) < 4.78 is 5.11. The van der Waals surface area contributed by atoms with Gasteiger partial charge < -0.3 is 4.74 Å². The van der Waals surface area contributed by atoms with E-state index in [0.717, 1.165) is 27.2 Å². The van der Waals surface area contributed by atoms with Gasteiger partial charge in [0.05, 0.1) is 29.9 Å². The number of nitro groups is 1. The molecule has 1 heterocycles. The van der Waals surface area contributed by atoms with E-state index in [1.165, 1.54) is 25.3 Å². The van der Waals surface area contributed by atoms with E-state index in [1.807, 2.05) is 72.8 Å². The van der Waals surface area contributed by atoms with Crippen molar-refractivity contribution < 1.29 is 19.2 Å². The van der Waals surface area contributed by atoms with Gasteiger partial charge in [-0.25, -0.2) is 4.90 Å². The number of ether oxygens (including phenoxy) is 1. The number of anilines is 1. The predicted octanol–water partition coefficient (Wildman–Crippen LogP) is 5.03. The number of hydrogen-bond acceptors (Lipinski definition) is 5. The fraction of sp³-hybridized carbons (Fsp3) is 0.172. The number of fused-ring (bicyclic) bond motifs is 5. The molecule has 7 heteroatoms. The molecule has 3 aromatic rings. The SMILES string of the molecule is COc1ccc(N2C(=O)[C@H]3[C@H](C2=O)[C@H]2C=C[C@H]3C2=C(c2ccccc2)c2ccccc2)c([N+](=O)[O-])c1. The molecule has 0 unspecified atom stereocenters. The normalized spacial score (nSPS) is 23.8. The molecule has 178 valence electrons. The van der Waals surface area contributed by atoms with Crippen molar-refractivity contribution >= 4 is 28.8 Å². The van der Waals surface area contributed by atoms with Gasteiger partial charge >= 0.3 is 0 Å². The number of allylic oxidation sites excluding steroid dienone is 3. The Hall–Kier alpha value is -4.52. The Labute approximate surface area is 207 Å². The Balaban J connectivity index is 1.47. The summed E-state index contributed by atoms with van der Waals surface area (Å²) in [6.07, 6.45) is 4.04. The largest absolute Gasteiger partial charge is 0.496 e. The van der Waals surface area contributed by atoms with Gasteiger partial charge in [0.15, 0.2) is 0 Å². The van der Waals surface area contributed by atoms with Crippen molar-refractivity contribution in [1.82, 2.24) is 0 Å². The highest BCUT2D eigenvalue weighted by molar-refractivity contribution is 6.24. The summed E-state index contributed by atoms with van der Waals surface area (Å²) >= 11 is 0. The molecule has 2 bridgehead atoms. The van der Waals surface area contributed by atoms with Gasteiger partial charge in [-0.3, -0.25) is 19.7 Å². The minimum absolute atomic E-state index is 0.0125. The minimum Gasteiger partial charge on any atom is -0.496 e. The number of rotatable bonds is 5. The molecule has 3 aliphatic rings. The fourth-order valence-electron chi connectivity index (χ4n) is 6.01. The van der Waals surface area contributed by atoms with Crippen molar-refractivity contribution in [3.05, 3.63) is 118 Å². The van der Waals surface area contributed by atoms with Crippen LogP contribution < -0.4 is 9.64 Å². The Bertz CT molecular complexity index is 1390. The van der Waals surface area contributed by atoms with Crippen molar-refractivity contribution in [3.63, 3.8) is 0 Å². The number of nitrogens with zero attached hydrogens (tertiary/aromatic N) is 2. The number of hydrogen-bond donors (Lipinski definition) is 0. The van der Waals surface area contributed by atoms with Gasteiger partial charge in [0.2, 0.25) is 11.8 Å². The second kappa shape index (κ2) is 8.30. The Kier molecular flexibility index (Phi) is 5.07. The summed E-state index contributed by atoms with van der Waals surface area (Å²) in [6.45, 7) is 0. The van der Waals surface area contributed by atoms with Gasteiger partial charge in [0, 0.05) is 11.8 Å². The number of carbonyl (C=O) groups excluding carboxylic acids is 2. The molecule has 0 N–H and O–H groups in total. The van der Waals surface area contributed by atoms with Crippen LogP contribution in [0.5, 0.6) is 5.75 Å². The van der Waals surface area contributed by atoms with Gasteiger partial charge in [-0.15, -0.1) is 0 Å². The first-order chi connectivity index (χ1) is 17.5. The molecule has 6 rings (SSSR count). The molecular weight excluding hydrogens is 456 g/mol. The number of nitro benzene ring substituents is 1. The van der Waals surface area contributed by atoms with Crippen LogP contribution in [-0.2, 0) is 9.59 Å². The molecule has 4 atom stereocenters. The second-order valence-electron chi connectivity index (χ2n) is 9.17. The number of methoxy groups -OCH3 is 1. The summed E-state index contributed by atoms with van der Waals surface area (Å²) in [5.74, 6) is -2.20. The van der Waals surface area contributed by atoms with E-state index < -0.39 is 28.6 Å². The standard InChI is InChI=1S/C29H22N2O5/c1-36-19-12-15-22(23(16-19)31(34)35)30-28(32)26-20-13-14-21(27(26)29(30)33)25(20)24(17-8-4-2-5-9-17)18-10-6-3-7-11-18/h2-16,20-21,26-27H,1H3/t20-,21-,26+,27+/m0/s1. The molecular formula is C29H22N2O5. The smallest absolute Gasteiger partial charge is 0.297 e. The highest BCUT2D eigenvalue weighted by Crippen LogP contribution is 2.59. The lowest BCUT2D eigenvalue weighted by Crippen LogP contribution is -2.33. The Morgan fingerprint density at radius 2 is 1.36 bits per heavy atom. The van der Waals surface area contributed by atoms with Gasteiger partial charge in [0.25, 0.3) is 5.69 Å². The zero-order chi connectivity index (χ0) is 25.0. The fourth-order valence-corrected chi connectivity index (χ4v) is 6.01. The number of amides is 2. The molecule has 3 aromatic carbocycles. The van der Waals surface area contributed by atoms with Crippen LogP contribution in [-0.4, -0.2) is 23.8 Å². The summed E-state index contributed by atoms with van der Waals surface area (Å²) in [4.78, 5) is 39.7. The van der Waals surface area contributed by atoms with E-state index in [4.69, 9.17) is 4.74 Å². The molecule has 1 saturated carbocycles. The quantitative estimate of drug-likeness (QED) is 0.222. The summed E-state index contributed by atoms with van der Waals surface area (Å²) in [7, 11) is 1.41. The monoisotopic (exact) mass is 478 g/mol. The maximum Gasteiger partial charge on any atom is 0.297 e. The number of benzene rings is 3. The van der Waals surface area contributed by atoms with Crippen LogP contribution in [0, 0.1) is 33.8 Å². The first-order valence-corrected chi connectivity index (χ1v) is 11.7. The molecule has 0 spiro atoms. The van der Waals surface area contributed by atoms with E-state index in [1.54, 1.807) is 0 Å². The van der Waals surface area contributed by atoms with E-state index in [9.17, 15) is 19.7 Å². The first-order valence-electron chi connectivity index (χ1n) is 11.7. The molecule has 0 aromatic heterocycles. The summed E-state index contributed by atoms with van der Waals surface area (Å²) in [5, 5.41) is 11.8. The van der Waals surface area contributed by atoms with E-state index in [0.29, 0.717) is 0 Å². The molecule has 2 aliphatic carbocycles. The third-order valence-electron chi connectivity index (χ3n) is 7.45. The summed E-state index contributed by atoms with van der Waals surface area (Å²) in [5.41, 5.74) is 3.81. The van der Waals surface area contributed by atoms with E-state index in [-0.39, 0.29) is 29.0 Å². The topological polar surface area (TPSA) is 89.8 Å². The molecule has 2 amide bonds. The van der Waals surface area contributed by atoms with E-state index >= 15 is 0 Å². The maximum absolute atomic E-state index is 13.8. The third kappa shape index (κ3) is 3.12. The lowest BCUT2D eigenvalue weighted by Gasteiger charge is -2.21. The van der Waals surface area contributed by atoms with Crippen molar-refractivity contribution in [2.24, 2.45) is 23.7 Å². The average Bonchev–Trinajstić information content (AvgIpc) is 3.54. The van der Waals surface area contributed by atoms with Gasteiger partial charge in [-0.2, -0.15) is 0 Å². The first kappa shape index (κ1) is 22.0. The molecule has 1 aliphatic heterocycles. The third-order valence-corrected chi connectivity index (χ3v) is 7.45. The Morgan fingerprint density at radius 1 is 0.833 bits per heavy atom. The number of carbonyl (C=O) groups is 2. The lowest BCUT2D eigenvalue weighted by molar-refractivity contribution is -0.384. The van der Waals surface area contributed by atoms with Crippen LogP contribution >= 0.6 is 0 Å². The van der Waals surface area contributed by atoms with Crippen LogP contribution in [0.2, 0.25) is 0 Å². The highest BCUT2D eigenvalue weighted by Gasteiger charge is 2.63. The maximum atomic E-state index is 13.8. The minimum atomic E-state index is -0.591. The van der Waals surface area contributed by atoms with Crippen LogP contribution in [0.15, 0.2) is 96.6 Å². The zero-order valence-corrected chi connectivity index (χ0v) is 19.4. The van der Waals surface area contributed by atoms with Crippen LogP contribution in [0.3, 0.4) is 0 Å². The van der Waals surface area contributed by atoms with E-state index in [2.05, 4.69) is 0 Å². The highest BCUT2D eigenvalue weighted by atomic mass is 16.6. The van der Waals surface area contributed by atoms with Gasteiger partial charge in [-0.05, 0) is 34.4 Å².